The molecule has 2 rings (SSSR count). The smallest absolute Gasteiger partial charge is 0.251 e. The summed E-state index contributed by atoms with van der Waals surface area (Å²) in [6.07, 6.45) is -0.489. The van der Waals surface area contributed by atoms with E-state index in [4.69, 9.17) is 0 Å². The van der Waals surface area contributed by atoms with Crippen molar-refractivity contribution in [1.82, 2.24) is 10.2 Å². The average molecular weight is 282 g/mol. The Morgan fingerprint density at radius 3 is 2.45 bits per heavy atom. The molecule has 1 aliphatic rings. The highest BCUT2D eigenvalue weighted by molar-refractivity contribution is 5.20. The van der Waals surface area contributed by atoms with Crippen LogP contribution in [0.15, 0.2) is 30.3 Å². The van der Waals surface area contributed by atoms with Crippen molar-refractivity contribution in [3.8, 4) is 0 Å². The normalized spacial score (nSPS) is 23.1. The molecule has 20 heavy (non-hydrogen) atoms. The topological polar surface area (TPSA) is 15.3 Å². The Morgan fingerprint density at radius 2 is 1.90 bits per heavy atom. The van der Waals surface area contributed by atoms with Crippen LogP contribution in [0.5, 0.6) is 0 Å². The standard InChI is InChI=1S/C16H24F2N2/c1-3-16(4-2)12-19-14(10-20(16)11-15(17)18)13-8-6-5-7-9-13/h5-9,14-15,19H,3-4,10-12H2,1-2H3. The van der Waals surface area contributed by atoms with Gasteiger partial charge in [0.1, 0.15) is 0 Å². The Labute approximate surface area is 120 Å². The van der Waals surface area contributed by atoms with Gasteiger partial charge in [-0.2, -0.15) is 0 Å². The van der Waals surface area contributed by atoms with Gasteiger partial charge in [0.25, 0.3) is 6.43 Å². The average Bonchev–Trinajstić information content (AvgIpc) is 2.48. The fourth-order valence-corrected chi connectivity index (χ4v) is 3.19. The molecule has 0 amide bonds. The third-order valence-electron chi connectivity index (χ3n) is 4.63. The maximum absolute atomic E-state index is 12.9. The van der Waals surface area contributed by atoms with E-state index in [2.05, 4.69) is 31.3 Å². The highest BCUT2D eigenvalue weighted by Gasteiger charge is 2.40. The van der Waals surface area contributed by atoms with Crippen molar-refractivity contribution < 1.29 is 8.78 Å². The van der Waals surface area contributed by atoms with E-state index in [-0.39, 0.29) is 18.1 Å². The number of hydrogen-bond donors (Lipinski definition) is 1. The van der Waals surface area contributed by atoms with Gasteiger partial charge < -0.3 is 5.32 Å². The molecule has 1 N–H and O–H groups in total. The number of benzene rings is 1. The Morgan fingerprint density at radius 1 is 1.25 bits per heavy atom. The quantitative estimate of drug-likeness (QED) is 0.889. The second kappa shape index (κ2) is 6.64. The van der Waals surface area contributed by atoms with Gasteiger partial charge in [0, 0.05) is 24.7 Å². The number of halogens is 2. The molecule has 0 saturated carbocycles. The van der Waals surface area contributed by atoms with Crippen molar-refractivity contribution in [2.24, 2.45) is 0 Å². The van der Waals surface area contributed by atoms with E-state index >= 15 is 0 Å². The molecule has 4 heteroatoms. The number of hydrogen-bond acceptors (Lipinski definition) is 2. The van der Waals surface area contributed by atoms with Gasteiger partial charge in [0.05, 0.1) is 6.54 Å². The molecule has 0 aromatic heterocycles. The van der Waals surface area contributed by atoms with Gasteiger partial charge in [-0.25, -0.2) is 8.78 Å². The van der Waals surface area contributed by atoms with E-state index < -0.39 is 6.43 Å². The van der Waals surface area contributed by atoms with Crippen LogP contribution in [0.1, 0.15) is 38.3 Å². The van der Waals surface area contributed by atoms with Gasteiger partial charge in [0.2, 0.25) is 0 Å². The van der Waals surface area contributed by atoms with Gasteiger partial charge >= 0.3 is 0 Å². The number of rotatable bonds is 5. The van der Waals surface area contributed by atoms with Crippen LogP contribution in [-0.2, 0) is 0 Å². The molecule has 0 radical (unpaired) electrons. The summed E-state index contributed by atoms with van der Waals surface area (Å²) in [6, 6.07) is 10.2. The Balaban J connectivity index is 2.17. The zero-order valence-electron chi connectivity index (χ0n) is 12.3. The summed E-state index contributed by atoms with van der Waals surface area (Å²) >= 11 is 0. The summed E-state index contributed by atoms with van der Waals surface area (Å²) in [5.74, 6) is 0. The molecule has 1 aliphatic heterocycles. The molecule has 0 bridgehead atoms. The zero-order chi connectivity index (χ0) is 14.6. The van der Waals surface area contributed by atoms with E-state index in [1.807, 2.05) is 23.1 Å². The van der Waals surface area contributed by atoms with Gasteiger partial charge in [-0.15, -0.1) is 0 Å². The van der Waals surface area contributed by atoms with E-state index in [0.717, 1.165) is 19.4 Å². The third-order valence-corrected chi connectivity index (χ3v) is 4.63. The Bertz CT molecular complexity index is 404. The van der Waals surface area contributed by atoms with Crippen LogP contribution in [0, 0.1) is 0 Å². The molecule has 1 atom stereocenters. The van der Waals surface area contributed by atoms with E-state index in [1.54, 1.807) is 0 Å². The lowest BCUT2D eigenvalue weighted by molar-refractivity contribution is -0.0151. The van der Waals surface area contributed by atoms with Crippen molar-refractivity contribution in [3.63, 3.8) is 0 Å². The molecular weight excluding hydrogens is 258 g/mol. The highest BCUT2D eigenvalue weighted by Crippen LogP contribution is 2.31. The van der Waals surface area contributed by atoms with Crippen LogP contribution >= 0.6 is 0 Å². The minimum atomic E-state index is -2.28. The summed E-state index contributed by atoms with van der Waals surface area (Å²) in [4.78, 5) is 1.99. The number of nitrogens with zero attached hydrogens (tertiary/aromatic N) is 1. The molecule has 0 spiro atoms. The Kier molecular flexibility index (Phi) is 5.11. The van der Waals surface area contributed by atoms with Crippen LogP contribution in [0.25, 0.3) is 0 Å². The minimum absolute atomic E-state index is 0.132. The van der Waals surface area contributed by atoms with Gasteiger partial charge in [-0.3, -0.25) is 4.90 Å². The number of alkyl halides is 2. The molecule has 1 unspecified atom stereocenters. The van der Waals surface area contributed by atoms with Crippen molar-refractivity contribution in [1.29, 1.82) is 0 Å². The largest absolute Gasteiger partial charge is 0.307 e. The first-order valence-electron chi connectivity index (χ1n) is 7.43. The van der Waals surface area contributed by atoms with E-state index in [9.17, 15) is 8.78 Å². The first-order valence-corrected chi connectivity index (χ1v) is 7.43. The fourth-order valence-electron chi connectivity index (χ4n) is 3.19. The highest BCUT2D eigenvalue weighted by atomic mass is 19.3. The lowest BCUT2D eigenvalue weighted by Crippen LogP contribution is -2.62. The molecule has 1 fully saturated rings. The van der Waals surface area contributed by atoms with Crippen LogP contribution < -0.4 is 5.32 Å². The lowest BCUT2D eigenvalue weighted by Gasteiger charge is -2.49. The minimum Gasteiger partial charge on any atom is -0.307 e. The molecule has 1 heterocycles. The second-order valence-corrected chi connectivity index (χ2v) is 5.57. The molecular formula is C16H24F2N2. The number of nitrogens with one attached hydrogen (secondary N) is 1. The van der Waals surface area contributed by atoms with Crippen molar-refractivity contribution >= 4 is 0 Å². The van der Waals surface area contributed by atoms with Gasteiger partial charge in [-0.05, 0) is 18.4 Å². The van der Waals surface area contributed by atoms with E-state index in [0.29, 0.717) is 6.54 Å². The molecule has 1 saturated heterocycles. The van der Waals surface area contributed by atoms with E-state index in [1.165, 1.54) is 5.56 Å². The fraction of sp³-hybridized carbons (Fsp3) is 0.625. The summed E-state index contributed by atoms with van der Waals surface area (Å²) < 4.78 is 25.8. The van der Waals surface area contributed by atoms with Crippen LogP contribution in [0.2, 0.25) is 0 Å². The molecule has 112 valence electrons. The van der Waals surface area contributed by atoms with Crippen LogP contribution in [-0.4, -0.2) is 36.5 Å². The van der Waals surface area contributed by atoms with Crippen molar-refractivity contribution in [3.05, 3.63) is 35.9 Å². The SMILES string of the molecule is CCC1(CC)CNC(c2ccccc2)CN1CC(F)F. The Hall–Kier alpha value is -1.00. The maximum Gasteiger partial charge on any atom is 0.251 e. The van der Waals surface area contributed by atoms with Crippen molar-refractivity contribution in [2.45, 2.75) is 44.7 Å². The molecule has 1 aromatic carbocycles. The third kappa shape index (κ3) is 3.18. The summed E-state index contributed by atoms with van der Waals surface area (Å²) in [7, 11) is 0. The maximum atomic E-state index is 12.9. The summed E-state index contributed by atoms with van der Waals surface area (Å²) in [5.41, 5.74) is 1.04. The first-order chi connectivity index (χ1) is 9.61. The predicted octanol–water partition coefficient (Wildman–Crippen LogP) is 3.46. The molecule has 0 aliphatic carbocycles. The van der Waals surface area contributed by atoms with Crippen LogP contribution in [0.4, 0.5) is 8.78 Å². The monoisotopic (exact) mass is 282 g/mol. The summed E-state index contributed by atoms with van der Waals surface area (Å²) in [5, 5.41) is 3.54. The summed E-state index contributed by atoms with van der Waals surface area (Å²) in [6.45, 7) is 5.47. The predicted molar refractivity (Wildman–Crippen MR) is 78.1 cm³/mol. The lowest BCUT2D eigenvalue weighted by atomic mass is 9.86. The van der Waals surface area contributed by atoms with Gasteiger partial charge in [0.15, 0.2) is 0 Å². The molecule has 2 nitrogen and oxygen atoms in total. The molecule has 1 aromatic rings. The first kappa shape index (κ1) is 15.4. The van der Waals surface area contributed by atoms with Crippen LogP contribution in [0.3, 0.4) is 0 Å². The second-order valence-electron chi connectivity index (χ2n) is 5.57. The van der Waals surface area contributed by atoms with Gasteiger partial charge in [-0.1, -0.05) is 44.2 Å². The zero-order valence-corrected chi connectivity index (χ0v) is 12.3. The number of piperazine rings is 1. The van der Waals surface area contributed by atoms with Crippen molar-refractivity contribution in [2.75, 3.05) is 19.6 Å².